The van der Waals surface area contributed by atoms with Crippen LogP contribution in [0, 0.1) is 0 Å². The number of unbranched alkanes of at least 4 members (excludes halogenated alkanes) is 20. The summed E-state index contributed by atoms with van der Waals surface area (Å²) in [5.74, 6) is -1.99. The number of aliphatic hydroxyl groups is 3. The first-order valence-corrected chi connectivity index (χ1v) is 22.4. The second kappa shape index (κ2) is 31.6. The molecule has 0 radical (unpaired) electrons. The van der Waals surface area contributed by atoms with Gasteiger partial charge < -0.3 is 34.3 Å². The maximum Gasteiger partial charge on any atom is 0.306 e. The Balaban J connectivity index is 2.49. The van der Waals surface area contributed by atoms with Gasteiger partial charge in [0.05, 0.1) is 6.61 Å². The molecule has 1 saturated heterocycles. The summed E-state index contributed by atoms with van der Waals surface area (Å²) in [5, 5.41) is 30.8. The molecule has 2 unspecified atom stereocenters. The molecule has 0 aromatic rings. The summed E-state index contributed by atoms with van der Waals surface area (Å²) < 4.78 is 53.9. The molecule has 0 bridgehead atoms. The summed E-state index contributed by atoms with van der Waals surface area (Å²) in [6.07, 6.45) is 21.2. The van der Waals surface area contributed by atoms with Crippen LogP contribution in [0.5, 0.6) is 0 Å². The summed E-state index contributed by atoms with van der Waals surface area (Å²) in [6.45, 7) is 3.71. The molecule has 1 rings (SSSR count). The zero-order valence-corrected chi connectivity index (χ0v) is 33.7. The minimum absolute atomic E-state index is 0.157. The summed E-state index contributed by atoms with van der Waals surface area (Å²) in [5.41, 5.74) is 0. The quantitative estimate of drug-likeness (QED) is 0.0219. The predicted molar refractivity (Wildman–Crippen MR) is 206 cm³/mol. The van der Waals surface area contributed by atoms with Crippen LogP contribution in [0.1, 0.15) is 174 Å². The highest BCUT2D eigenvalue weighted by Crippen LogP contribution is 2.24. The Labute approximate surface area is 320 Å². The highest BCUT2D eigenvalue weighted by atomic mass is 32.2. The van der Waals surface area contributed by atoms with Gasteiger partial charge in [0.1, 0.15) is 36.8 Å². The van der Waals surface area contributed by atoms with Gasteiger partial charge in [-0.25, -0.2) is 0 Å². The number of carbonyl (C=O) groups excluding carboxylic acids is 2. The lowest BCUT2D eigenvalue weighted by atomic mass is 10.00. The Morgan fingerprint density at radius 1 is 0.623 bits per heavy atom. The van der Waals surface area contributed by atoms with Gasteiger partial charge in [-0.15, -0.1) is 0 Å². The van der Waals surface area contributed by atoms with E-state index in [1.165, 1.54) is 77.0 Å². The van der Waals surface area contributed by atoms with Crippen LogP contribution < -0.4 is 0 Å². The number of carbonyl (C=O) groups is 2. The van der Waals surface area contributed by atoms with Crippen LogP contribution in [0.15, 0.2) is 12.2 Å². The van der Waals surface area contributed by atoms with E-state index in [4.69, 9.17) is 18.9 Å². The van der Waals surface area contributed by atoms with E-state index in [0.717, 1.165) is 57.8 Å². The van der Waals surface area contributed by atoms with E-state index in [1.54, 1.807) is 0 Å². The number of hydrogen-bond donors (Lipinski definition) is 4. The molecule has 0 spiro atoms. The lowest BCUT2D eigenvalue weighted by molar-refractivity contribution is -0.297. The van der Waals surface area contributed by atoms with Crippen LogP contribution in [-0.4, -0.2) is 96.0 Å². The molecule has 4 N–H and O–H groups in total. The molecule has 1 aliphatic heterocycles. The highest BCUT2D eigenvalue weighted by molar-refractivity contribution is 7.85. The molecule has 53 heavy (non-hydrogen) atoms. The fraction of sp³-hybridized carbons (Fsp3) is 0.900. The third-order valence-electron chi connectivity index (χ3n) is 9.60. The van der Waals surface area contributed by atoms with Gasteiger partial charge in [0.15, 0.2) is 12.4 Å². The van der Waals surface area contributed by atoms with E-state index in [2.05, 4.69) is 26.0 Å². The standard InChI is InChI=1S/C40H74O12S/c1-3-5-7-9-11-13-15-17-19-20-22-24-26-28-35(41)49-30-33(31-50-40-39(45)38(44)37(43)34(52-40)32-53(46,47)48)51-36(42)29-27-25-23-21-18-16-14-12-10-8-6-4-2/h12,14,33-34,37-40,43-45H,3-11,13,15-32H2,1-2H3,(H,46,47,48)/b14-12+/t33-,34-,37-,38?,39?,40+/m1/s1. The maximum absolute atomic E-state index is 12.7. The molecular weight excluding hydrogens is 704 g/mol. The zero-order valence-electron chi connectivity index (χ0n) is 32.9. The lowest BCUT2D eigenvalue weighted by Crippen LogP contribution is -2.60. The van der Waals surface area contributed by atoms with Crippen molar-refractivity contribution in [3.63, 3.8) is 0 Å². The fourth-order valence-corrected chi connectivity index (χ4v) is 7.01. The van der Waals surface area contributed by atoms with Crippen LogP contribution >= 0.6 is 0 Å². The van der Waals surface area contributed by atoms with E-state index >= 15 is 0 Å². The molecule has 0 saturated carbocycles. The third-order valence-corrected chi connectivity index (χ3v) is 10.3. The van der Waals surface area contributed by atoms with Gasteiger partial charge in [0.25, 0.3) is 10.1 Å². The summed E-state index contributed by atoms with van der Waals surface area (Å²) in [4.78, 5) is 25.3. The van der Waals surface area contributed by atoms with Crippen molar-refractivity contribution in [2.75, 3.05) is 19.0 Å². The van der Waals surface area contributed by atoms with Crippen LogP contribution in [-0.2, 0) is 38.7 Å². The Morgan fingerprint density at radius 3 is 1.60 bits per heavy atom. The normalized spacial score (nSPS) is 21.2. The Bertz CT molecular complexity index is 1050. The maximum atomic E-state index is 12.7. The van der Waals surface area contributed by atoms with Crippen LogP contribution in [0.4, 0.5) is 0 Å². The molecule has 0 amide bonds. The summed E-state index contributed by atoms with van der Waals surface area (Å²) >= 11 is 0. The molecule has 13 heteroatoms. The minimum atomic E-state index is -4.59. The molecule has 1 aliphatic rings. The molecule has 6 atom stereocenters. The van der Waals surface area contributed by atoms with E-state index < -0.39 is 71.2 Å². The van der Waals surface area contributed by atoms with Gasteiger partial charge in [-0.3, -0.25) is 14.1 Å². The van der Waals surface area contributed by atoms with Crippen LogP contribution in [0.2, 0.25) is 0 Å². The SMILES string of the molecule is CCCCC/C=C/CCCCCCCC(=O)O[C@H](COC(=O)CCCCCCCCCCCCCCC)CO[C@H]1O[C@H](CS(=O)(=O)O)[C@@H](O)C(O)C1O. The average molecular weight is 779 g/mol. The number of aliphatic hydroxyl groups excluding tert-OH is 3. The second-order valence-corrected chi connectivity index (χ2v) is 16.2. The summed E-state index contributed by atoms with van der Waals surface area (Å²) in [6, 6.07) is 0. The van der Waals surface area contributed by atoms with E-state index in [-0.39, 0.29) is 19.4 Å². The lowest BCUT2D eigenvalue weighted by Gasteiger charge is -2.40. The molecular formula is C40H74O12S. The van der Waals surface area contributed by atoms with Crippen molar-refractivity contribution in [3.8, 4) is 0 Å². The van der Waals surface area contributed by atoms with Gasteiger partial charge in [-0.05, 0) is 38.5 Å². The third kappa shape index (κ3) is 26.8. The van der Waals surface area contributed by atoms with E-state index in [0.29, 0.717) is 12.8 Å². The van der Waals surface area contributed by atoms with Gasteiger partial charge >= 0.3 is 11.9 Å². The number of esters is 2. The van der Waals surface area contributed by atoms with Crippen molar-refractivity contribution >= 4 is 22.1 Å². The molecule has 312 valence electrons. The van der Waals surface area contributed by atoms with E-state index in [1.807, 2.05) is 0 Å². The Morgan fingerprint density at radius 2 is 1.08 bits per heavy atom. The molecule has 0 aromatic heterocycles. The number of hydrogen-bond acceptors (Lipinski definition) is 11. The fourth-order valence-electron chi connectivity index (χ4n) is 6.32. The zero-order chi connectivity index (χ0) is 39.2. The van der Waals surface area contributed by atoms with Gasteiger partial charge in [0, 0.05) is 12.8 Å². The monoisotopic (exact) mass is 778 g/mol. The van der Waals surface area contributed by atoms with Crippen LogP contribution in [0.25, 0.3) is 0 Å². The van der Waals surface area contributed by atoms with Crippen molar-refractivity contribution in [3.05, 3.63) is 12.2 Å². The van der Waals surface area contributed by atoms with Crippen LogP contribution in [0.3, 0.4) is 0 Å². The largest absolute Gasteiger partial charge is 0.462 e. The first-order chi connectivity index (χ1) is 25.5. The minimum Gasteiger partial charge on any atom is -0.462 e. The summed E-state index contributed by atoms with van der Waals surface area (Å²) in [7, 11) is -4.59. The number of allylic oxidation sites excluding steroid dienone is 2. The van der Waals surface area contributed by atoms with Crippen molar-refractivity contribution in [2.45, 2.75) is 211 Å². The molecule has 12 nitrogen and oxygen atoms in total. The second-order valence-electron chi connectivity index (χ2n) is 14.7. The number of rotatable bonds is 34. The first kappa shape index (κ1) is 49.4. The topological polar surface area (TPSA) is 186 Å². The van der Waals surface area contributed by atoms with Crippen molar-refractivity contribution < 1.29 is 56.8 Å². The molecule has 0 aromatic carbocycles. The molecule has 1 heterocycles. The Kier molecular flexibility index (Phi) is 29.4. The van der Waals surface area contributed by atoms with E-state index in [9.17, 15) is 37.9 Å². The predicted octanol–water partition coefficient (Wildman–Crippen LogP) is 7.50. The van der Waals surface area contributed by atoms with Gasteiger partial charge in [0.2, 0.25) is 0 Å². The van der Waals surface area contributed by atoms with Crippen molar-refractivity contribution in [1.29, 1.82) is 0 Å². The van der Waals surface area contributed by atoms with Crippen molar-refractivity contribution in [2.24, 2.45) is 0 Å². The smallest absolute Gasteiger partial charge is 0.306 e. The molecule has 1 fully saturated rings. The Hall–Kier alpha value is -1.61. The molecule has 0 aliphatic carbocycles. The van der Waals surface area contributed by atoms with Crippen molar-refractivity contribution in [1.82, 2.24) is 0 Å². The average Bonchev–Trinajstić information content (AvgIpc) is 3.12. The van der Waals surface area contributed by atoms with Gasteiger partial charge in [-0.1, -0.05) is 135 Å². The number of ether oxygens (including phenoxy) is 4. The highest BCUT2D eigenvalue weighted by Gasteiger charge is 2.46. The first-order valence-electron chi connectivity index (χ1n) is 20.7. The van der Waals surface area contributed by atoms with Gasteiger partial charge in [-0.2, -0.15) is 8.42 Å².